The predicted octanol–water partition coefficient (Wildman–Crippen LogP) is 1.14. The first-order valence-corrected chi connectivity index (χ1v) is 3.72. The molecule has 4 heteroatoms. The van der Waals surface area contributed by atoms with Crippen molar-refractivity contribution in [1.82, 2.24) is 4.90 Å². The van der Waals surface area contributed by atoms with Crippen molar-refractivity contribution in [2.75, 3.05) is 13.1 Å². The first-order valence-electron chi connectivity index (χ1n) is 3.29. The molecule has 1 rings (SSSR count). The molecule has 0 N–H and O–H groups in total. The van der Waals surface area contributed by atoms with Gasteiger partial charge in [-0.1, -0.05) is 11.6 Å². The average Bonchev–Trinajstić information content (AvgIpc) is 2.36. The number of amides is 1. The number of carbonyl (C=O) groups is 1. The zero-order chi connectivity index (χ0) is 7.56. The lowest BCUT2D eigenvalue weighted by Crippen LogP contribution is -2.32. The molecule has 1 saturated heterocycles. The Labute approximate surface area is 63.9 Å². The molecule has 0 saturated carbocycles. The van der Waals surface area contributed by atoms with Crippen molar-refractivity contribution >= 4 is 17.5 Å². The quantitative estimate of drug-likeness (QED) is 0.534. The van der Waals surface area contributed by atoms with Crippen molar-refractivity contribution < 1.29 is 9.18 Å². The SMILES string of the molecule is O=C([C@@H](F)Cl)N1CCCC1. The molecule has 0 radical (unpaired) electrons. The van der Waals surface area contributed by atoms with E-state index in [1.807, 2.05) is 0 Å². The summed E-state index contributed by atoms with van der Waals surface area (Å²) < 4.78 is 12.1. The van der Waals surface area contributed by atoms with Crippen molar-refractivity contribution in [2.45, 2.75) is 18.5 Å². The first-order chi connectivity index (χ1) is 4.72. The van der Waals surface area contributed by atoms with E-state index >= 15 is 0 Å². The van der Waals surface area contributed by atoms with Crippen LogP contribution in [0.15, 0.2) is 0 Å². The van der Waals surface area contributed by atoms with E-state index < -0.39 is 11.5 Å². The minimum absolute atomic E-state index is 0.584. The van der Waals surface area contributed by atoms with Gasteiger partial charge in [-0.2, -0.15) is 0 Å². The minimum Gasteiger partial charge on any atom is -0.339 e. The zero-order valence-electron chi connectivity index (χ0n) is 5.52. The van der Waals surface area contributed by atoms with Gasteiger partial charge in [-0.3, -0.25) is 4.79 Å². The molecule has 0 aromatic carbocycles. The Hall–Kier alpha value is -0.310. The van der Waals surface area contributed by atoms with Gasteiger partial charge in [0, 0.05) is 13.1 Å². The van der Waals surface area contributed by atoms with Gasteiger partial charge in [0.05, 0.1) is 0 Å². The summed E-state index contributed by atoms with van der Waals surface area (Å²) in [5.41, 5.74) is -1.85. The van der Waals surface area contributed by atoms with E-state index in [4.69, 9.17) is 11.6 Å². The summed E-state index contributed by atoms with van der Waals surface area (Å²) >= 11 is 4.95. The van der Waals surface area contributed by atoms with Crippen LogP contribution in [0.25, 0.3) is 0 Å². The number of carbonyl (C=O) groups excluding carboxylic acids is 1. The van der Waals surface area contributed by atoms with Crippen molar-refractivity contribution in [3.63, 3.8) is 0 Å². The zero-order valence-corrected chi connectivity index (χ0v) is 6.27. The molecule has 10 heavy (non-hydrogen) atoms. The van der Waals surface area contributed by atoms with Crippen LogP contribution in [0.2, 0.25) is 0 Å². The number of alkyl halides is 2. The molecule has 1 fully saturated rings. The minimum atomic E-state index is -1.85. The normalized spacial score (nSPS) is 21.2. The third-order valence-electron chi connectivity index (χ3n) is 1.60. The van der Waals surface area contributed by atoms with Gasteiger partial charge in [-0.25, -0.2) is 4.39 Å². The standard InChI is InChI=1S/C6H9ClFNO/c7-5(8)6(10)9-3-1-2-4-9/h5H,1-4H2/t5-/m1/s1. The summed E-state index contributed by atoms with van der Waals surface area (Å²) in [6, 6.07) is 0. The van der Waals surface area contributed by atoms with Gasteiger partial charge in [0.25, 0.3) is 11.5 Å². The second kappa shape index (κ2) is 3.19. The number of hydrogen-bond acceptors (Lipinski definition) is 1. The molecular formula is C6H9ClFNO. The Bertz CT molecular complexity index is 134. The lowest BCUT2D eigenvalue weighted by molar-refractivity contribution is -0.132. The van der Waals surface area contributed by atoms with Gasteiger partial charge in [0.1, 0.15) is 0 Å². The highest BCUT2D eigenvalue weighted by atomic mass is 35.5. The fourth-order valence-corrected chi connectivity index (χ4v) is 1.21. The molecule has 0 aromatic heterocycles. The highest BCUT2D eigenvalue weighted by molar-refractivity contribution is 6.29. The van der Waals surface area contributed by atoms with E-state index in [1.165, 1.54) is 4.90 Å². The maximum absolute atomic E-state index is 12.1. The van der Waals surface area contributed by atoms with Crippen molar-refractivity contribution in [1.29, 1.82) is 0 Å². The second-order valence-corrected chi connectivity index (χ2v) is 2.72. The van der Waals surface area contributed by atoms with E-state index in [2.05, 4.69) is 0 Å². The second-order valence-electron chi connectivity index (χ2n) is 2.33. The van der Waals surface area contributed by atoms with Crippen LogP contribution in [-0.4, -0.2) is 29.5 Å². The van der Waals surface area contributed by atoms with E-state index in [0.717, 1.165) is 12.8 Å². The Morgan fingerprint density at radius 2 is 2.00 bits per heavy atom. The molecule has 0 aromatic rings. The van der Waals surface area contributed by atoms with Gasteiger partial charge in [-0.05, 0) is 12.8 Å². The van der Waals surface area contributed by atoms with Gasteiger partial charge in [-0.15, -0.1) is 0 Å². The van der Waals surface area contributed by atoms with E-state index in [-0.39, 0.29) is 0 Å². The van der Waals surface area contributed by atoms with Gasteiger partial charge < -0.3 is 4.90 Å². The van der Waals surface area contributed by atoms with E-state index in [0.29, 0.717) is 13.1 Å². The summed E-state index contributed by atoms with van der Waals surface area (Å²) in [5.74, 6) is -0.584. The van der Waals surface area contributed by atoms with Gasteiger partial charge >= 0.3 is 0 Å². The molecule has 1 amide bonds. The molecule has 0 spiro atoms. The van der Waals surface area contributed by atoms with Gasteiger partial charge in [0.2, 0.25) is 0 Å². The van der Waals surface area contributed by atoms with Crippen LogP contribution in [0.3, 0.4) is 0 Å². The molecule has 1 aliphatic rings. The van der Waals surface area contributed by atoms with Crippen molar-refractivity contribution in [2.24, 2.45) is 0 Å². The summed E-state index contributed by atoms with van der Waals surface area (Å²) in [6.07, 6.45) is 1.94. The fraction of sp³-hybridized carbons (Fsp3) is 0.833. The summed E-state index contributed by atoms with van der Waals surface area (Å²) in [5, 5.41) is 0. The Balaban J connectivity index is 2.40. The molecule has 58 valence electrons. The van der Waals surface area contributed by atoms with E-state index in [9.17, 15) is 9.18 Å². The number of nitrogens with zero attached hydrogens (tertiary/aromatic N) is 1. The summed E-state index contributed by atoms with van der Waals surface area (Å²) in [4.78, 5) is 12.2. The third kappa shape index (κ3) is 1.59. The monoisotopic (exact) mass is 165 g/mol. The smallest absolute Gasteiger partial charge is 0.272 e. The van der Waals surface area contributed by atoms with Crippen molar-refractivity contribution in [3.05, 3.63) is 0 Å². The molecular weight excluding hydrogens is 157 g/mol. The predicted molar refractivity (Wildman–Crippen MR) is 36.6 cm³/mol. The lowest BCUT2D eigenvalue weighted by Gasteiger charge is -2.13. The third-order valence-corrected chi connectivity index (χ3v) is 1.79. The number of hydrogen-bond donors (Lipinski definition) is 0. The maximum atomic E-state index is 12.1. The molecule has 1 aliphatic heterocycles. The lowest BCUT2D eigenvalue weighted by atomic mass is 10.4. The molecule has 0 aliphatic carbocycles. The molecule has 1 atom stereocenters. The number of likely N-dealkylation sites (tertiary alicyclic amines) is 1. The fourth-order valence-electron chi connectivity index (χ4n) is 1.08. The number of rotatable bonds is 1. The highest BCUT2D eigenvalue weighted by Crippen LogP contribution is 2.11. The molecule has 2 nitrogen and oxygen atoms in total. The van der Waals surface area contributed by atoms with E-state index in [1.54, 1.807) is 0 Å². The van der Waals surface area contributed by atoms with Crippen LogP contribution < -0.4 is 0 Å². The Kier molecular flexibility index (Phi) is 2.49. The maximum Gasteiger partial charge on any atom is 0.272 e. The van der Waals surface area contributed by atoms with Gasteiger partial charge in [0.15, 0.2) is 0 Å². The average molecular weight is 166 g/mol. The van der Waals surface area contributed by atoms with Crippen LogP contribution in [0.4, 0.5) is 4.39 Å². The Morgan fingerprint density at radius 3 is 2.40 bits per heavy atom. The summed E-state index contributed by atoms with van der Waals surface area (Å²) in [6.45, 7) is 1.32. The first kappa shape index (κ1) is 7.79. The topological polar surface area (TPSA) is 20.3 Å². The Morgan fingerprint density at radius 1 is 1.50 bits per heavy atom. The highest BCUT2D eigenvalue weighted by Gasteiger charge is 2.23. The summed E-state index contributed by atoms with van der Waals surface area (Å²) in [7, 11) is 0. The van der Waals surface area contributed by atoms with Crippen LogP contribution in [0.5, 0.6) is 0 Å². The molecule has 1 heterocycles. The van der Waals surface area contributed by atoms with Crippen molar-refractivity contribution in [3.8, 4) is 0 Å². The van der Waals surface area contributed by atoms with Crippen LogP contribution in [-0.2, 0) is 4.79 Å². The number of halogens is 2. The van der Waals surface area contributed by atoms with Crippen LogP contribution >= 0.6 is 11.6 Å². The van der Waals surface area contributed by atoms with Crippen LogP contribution in [0.1, 0.15) is 12.8 Å². The molecule has 0 bridgehead atoms. The largest absolute Gasteiger partial charge is 0.339 e. The van der Waals surface area contributed by atoms with Crippen LogP contribution in [0, 0.1) is 0 Å². The molecule has 0 unspecified atom stereocenters.